The molecule has 0 saturated carbocycles. The Bertz CT molecular complexity index is 1100. The number of allylic oxidation sites excluding steroid dienone is 1. The lowest BCUT2D eigenvalue weighted by atomic mass is 10.1. The van der Waals surface area contributed by atoms with E-state index in [0.29, 0.717) is 5.02 Å². The molecule has 2 aromatic rings. The van der Waals surface area contributed by atoms with Gasteiger partial charge in [0.2, 0.25) is 0 Å². The molecule has 1 aliphatic heterocycles. The molecule has 0 unspecified atom stereocenters. The van der Waals surface area contributed by atoms with Gasteiger partial charge >= 0.3 is 5.97 Å². The van der Waals surface area contributed by atoms with Gasteiger partial charge in [-0.1, -0.05) is 29.8 Å². The number of fused-ring (bicyclic) bond motifs is 1. The number of ketones is 1. The molecule has 0 radical (unpaired) electrons. The van der Waals surface area contributed by atoms with Gasteiger partial charge in [-0.05, 0) is 36.4 Å². The average Bonchev–Trinajstić information content (AvgIpc) is 2.66. The molecule has 0 atom stereocenters. The highest BCUT2D eigenvalue weighted by Crippen LogP contribution is 2.38. The van der Waals surface area contributed by atoms with E-state index in [1.807, 2.05) is 0 Å². The minimum Gasteiger partial charge on any atom is -0.420 e. The number of hydrogen-bond donors (Lipinski definition) is 0. The van der Waals surface area contributed by atoms with Gasteiger partial charge < -0.3 is 4.74 Å². The standard InChI is InChI=1S/C20H16ClNO5S/c1-3-12-22-18(13(2)23)19(16-6-4-5-7-17(16)28(22,25)26)27-20(24)14-8-10-15(21)11-9-14/h3-11H,1,12H2,2H3. The van der Waals surface area contributed by atoms with Crippen LogP contribution < -0.4 is 0 Å². The second kappa shape index (κ2) is 7.61. The minimum absolute atomic E-state index is 0.0549. The summed E-state index contributed by atoms with van der Waals surface area (Å²) in [6, 6.07) is 12.1. The number of carbonyl (C=O) groups excluding carboxylic acids is 2. The maximum atomic E-state index is 13.0. The van der Waals surface area contributed by atoms with Gasteiger partial charge in [0.25, 0.3) is 10.0 Å². The number of esters is 1. The lowest BCUT2D eigenvalue weighted by Crippen LogP contribution is -2.38. The first kappa shape index (κ1) is 19.9. The number of carbonyl (C=O) groups is 2. The van der Waals surface area contributed by atoms with E-state index >= 15 is 0 Å². The first-order chi connectivity index (χ1) is 13.3. The van der Waals surface area contributed by atoms with Crippen LogP contribution in [0.1, 0.15) is 22.8 Å². The van der Waals surface area contributed by atoms with Crippen LogP contribution in [0.4, 0.5) is 0 Å². The zero-order valence-corrected chi connectivity index (χ0v) is 16.5. The van der Waals surface area contributed by atoms with E-state index < -0.39 is 21.8 Å². The Morgan fingerprint density at radius 2 is 1.79 bits per heavy atom. The maximum Gasteiger partial charge on any atom is 0.343 e. The molecule has 1 heterocycles. The molecule has 28 heavy (non-hydrogen) atoms. The summed E-state index contributed by atoms with van der Waals surface area (Å²) in [4.78, 5) is 24.9. The van der Waals surface area contributed by atoms with Gasteiger partial charge in [0.15, 0.2) is 11.5 Å². The Morgan fingerprint density at radius 3 is 2.39 bits per heavy atom. The summed E-state index contributed by atoms with van der Waals surface area (Å²) in [5.74, 6) is -1.41. The Labute approximate surface area is 167 Å². The maximum absolute atomic E-state index is 13.0. The van der Waals surface area contributed by atoms with Gasteiger partial charge in [-0.3, -0.25) is 9.10 Å². The third kappa shape index (κ3) is 3.46. The van der Waals surface area contributed by atoms with Crippen molar-refractivity contribution in [1.29, 1.82) is 0 Å². The van der Waals surface area contributed by atoms with Crippen molar-refractivity contribution < 1.29 is 22.7 Å². The number of Topliss-reactive ketones (excluding diaryl/α,β-unsaturated/α-hetero) is 1. The fourth-order valence-electron chi connectivity index (χ4n) is 2.84. The zero-order chi connectivity index (χ0) is 20.5. The van der Waals surface area contributed by atoms with Crippen molar-refractivity contribution in [3.8, 4) is 0 Å². The average molecular weight is 418 g/mol. The molecular weight excluding hydrogens is 402 g/mol. The number of hydrogen-bond acceptors (Lipinski definition) is 5. The molecule has 2 aromatic carbocycles. The lowest BCUT2D eigenvalue weighted by molar-refractivity contribution is -0.114. The summed E-state index contributed by atoms with van der Waals surface area (Å²) in [6.45, 7) is 4.62. The molecule has 0 amide bonds. The number of halogens is 1. The number of benzene rings is 2. The van der Waals surface area contributed by atoms with E-state index in [0.717, 1.165) is 4.31 Å². The van der Waals surface area contributed by atoms with E-state index in [1.165, 1.54) is 49.4 Å². The zero-order valence-electron chi connectivity index (χ0n) is 14.9. The van der Waals surface area contributed by atoms with Gasteiger partial charge in [0.1, 0.15) is 5.70 Å². The Morgan fingerprint density at radius 1 is 1.14 bits per heavy atom. The second-order valence-corrected chi connectivity index (χ2v) is 8.22. The molecule has 1 aliphatic rings. The van der Waals surface area contributed by atoms with Crippen molar-refractivity contribution >= 4 is 39.1 Å². The van der Waals surface area contributed by atoms with Gasteiger partial charge in [-0.25, -0.2) is 13.2 Å². The first-order valence-electron chi connectivity index (χ1n) is 8.23. The Kier molecular flexibility index (Phi) is 5.40. The highest BCUT2D eigenvalue weighted by Gasteiger charge is 2.39. The smallest absolute Gasteiger partial charge is 0.343 e. The largest absolute Gasteiger partial charge is 0.420 e. The predicted octanol–water partition coefficient (Wildman–Crippen LogP) is 3.64. The van der Waals surface area contributed by atoms with Gasteiger partial charge in [0.05, 0.1) is 17.0 Å². The van der Waals surface area contributed by atoms with E-state index in [-0.39, 0.29) is 34.0 Å². The minimum atomic E-state index is -4.00. The van der Waals surface area contributed by atoms with Crippen LogP contribution in [-0.4, -0.2) is 31.0 Å². The van der Waals surface area contributed by atoms with Crippen LogP contribution in [0.3, 0.4) is 0 Å². The van der Waals surface area contributed by atoms with Crippen LogP contribution in [0.5, 0.6) is 0 Å². The van der Waals surface area contributed by atoms with Gasteiger partial charge in [-0.15, -0.1) is 6.58 Å². The molecule has 0 N–H and O–H groups in total. The number of rotatable bonds is 5. The van der Waals surface area contributed by atoms with E-state index in [4.69, 9.17) is 16.3 Å². The molecule has 0 aromatic heterocycles. The molecule has 8 heteroatoms. The fourth-order valence-corrected chi connectivity index (χ4v) is 4.65. The molecular formula is C20H16ClNO5S. The molecule has 0 spiro atoms. The molecule has 144 valence electrons. The summed E-state index contributed by atoms with van der Waals surface area (Å²) >= 11 is 5.84. The molecule has 0 aliphatic carbocycles. The van der Waals surface area contributed by atoms with Crippen molar-refractivity contribution in [3.63, 3.8) is 0 Å². The van der Waals surface area contributed by atoms with Crippen molar-refractivity contribution in [3.05, 3.63) is 83.0 Å². The normalized spacial score (nSPS) is 15.0. The highest BCUT2D eigenvalue weighted by atomic mass is 35.5. The van der Waals surface area contributed by atoms with E-state index in [9.17, 15) is 18.0 Å². The van der Waals surface area contributed by atoms with Gasteiger partial charge in [-0.2, -0.15) is 0 Å². The second-order valence-electron chi connectivity index (χ2n) is 5.95. The quantitative estimate of drug-likeness (QED) is 0.548. The van der Waals surface area contributed by atoms with Crippen LogP contribution in [0, 0.1) is 0 Å². The summed E-state index contributed by atoms with van der Waals surface area (Å²) < 4.78 is 32.4. The predicted molar refractivity (Wildman–Crippen MR) is 105 cm³/mol. The summed E-state index contributed by atoms with van der Waals surface area (Å²) in [7, 11) is -4.00. The highest BCUT2D eigenvalue weighted by molar-refractivity contribution is 7.89. The Hall–Kier alpha value is -2.90. The van der Waals surface area contributed by atoms with Crippen molar-refractivity contribution in [2.45, 2.75) is 11.8 Å². The van der Waals surface area contributed by atoms with Crippen LogP contribution in [0.2, 0.25) is 5.02 Å². The van der Waals surface area contributed by atoms with Crippen LogP contribution in [-0.2, 0) is 19.6 Å². The molecule has 0 bridgehead atoms. The van der Waals surface area contributed by atoms with Crippen LogP contribution in [0.15, 0.2) is 71.8 Å². The van der Waals surface area contributed by atoms with Crippen LogP contribution in [0.25, 0.3) is 5.76 Å². The monoisotopic (exact) mass is 417 g/mol. The summed E-state index contributed by atoms with van der Waals surface area (Å²) in [5.41, 5.74) is 0.136. The molecule has 0 fully saturated rings. The van der Waals surface area contributed by atoms with E-state index in [1.54, 1.807) is 12.1 Å². The number of ether oxygens (including phenoxy) is 1. The molecule has 6 nitrogen and oxygen atoms in total. The van der Waals surface area contributed by atoms with Gasteiger partial charge in [0, 0.05) is 17.5 Å². The van der Waals surface area contributed by atoms with E-state index in [2.05, 4.69) is 6.58 Å². The third-order valence-electron chi connectivity index (χ3n) is 4.07. The third-order valence-corrected chi connectivity index (χ3v) is 6.14. The fraction of sp³-hybridized carbons (Fsp3) is 0.100. The van der Waals surface area contributed by atoms with Crippen molar-refractivity contribution in [2.75, 3.05) is 6.54 Å². The molecule has 0 saturated heterocycles. The molecule has 3 rings (SSSR count). The van der Waals surface area contributed by atoms with Crippen LogP contribution >= 0.6 is 11.6 Å². The SMILES string of the molecule is C=CCN1C(C(C)=O)=C(OC(=O)c2ccc(Cl)cc2)c2ccccc2S1(=O)=O. The number of nitrogens with zero attached hydrogens (tertiary/aromatic N) is 1. The first-order valence-corrected chi connectivity index (χ1v) is 10.0. The Balaban J connectivity index is 2.20. The number of sulfonamides is 1. The summed E-state index contributed by atoms with van der Waals surface area (Å²) in [6.07, 6.45) is 1.35. The topological polar surface area (TPSA) is 80.8 Å². The van der Waals surface area contributed by atoms with Crippen molar-refractivity contribution in [1.82, 2.24) is 4.31 Å². The van der Waals surface area contributed by atoms with Crippen molar-refractivity contribution in [2.24, 2.45) is 0 Å². The lowest BCUT2D eigenvalue weighted by Gasteiger charge is -2.31. The summed E-state index contributed by atoms with van der Waals surface area (Å²) in [5, 5.41) is 0.450.